The molecule has 0 spiro atoms. The number of hydrogen-bond donors (Lipinski definition) is 1. The molecule has 0 aliphatic carbocycles. The van der Waals surface area contributed by atoms with Gasteiger partial charge in [0.05, 0.1) is 0 Å². The highest BCUT2D eigenvalue weighted by molar-refractivity contribution is 5.94. The molecule has 1 aliphatic heterocycles. The zero-order valence-electron chi connectivity index (χ0n) is 6.81. The number of allylic oxidation sites excluding steroid dienone is 1. The Morgan fingerprint density at radius 2 is 2.09 bits per heavy atom. The van der Waals surface area contributed by atoms with E-state index in [4.69, 9.17) is 0 Å². The van der Waals surface area contributed by atoms with Crippen molar-refractivity contribution in [1.29, 1.82) is 0 Å². The summed E-state index contributed by atoms with van der Waals surface area (Å²) in [4.78, 5) is 11.1. The van der Waals surface area contributed by atoms with Crippen LogP contribution < -0.4 is 5.32 Å². The highest BCUT2D eigenvalue weighted by Crippen LogP contribution is 2.20. The van der Waals surface area contributed by atoms with Crippen LogP contribution in [0.3, 0.4) is 0 Å². The minimum atomic E-state index is -0.0700. The van der Waals surface area contributed by atoms with Crippen LogP contribution in [-0.2, 0) is 4.79 Å². The quantitative estimate of drug-likeness (QED) is 0.523. The summed E-state index contributed by atoms with van der Waals surface area (Å²) < 4.78 is 0. The van der Waals surface area contributed by atoms with E-state index in [0.29, 0.717) is 11.5 Å². The fourth-order valence-electron chi connectivity index (χ4n) is 1.31. The Labute approximate surface area is 67.0 Å². The number of amides is 1. The summed E-state index contributed by atoms with van der Waals surface area (Å²) in [7, 11) is 0. The van der Waals surface area contributed by atoms with E-state index in [-0.39, 0.29) is 5.91 Å². The molecule has 1 fully saturated rings. The van der Waals surface area contributed by atoms with Gasteiger partial charge in [-0.2, -0.15) is 0 Å². The Hall–Kier alpha value is -1.05. The zero-order chi connectivity index (χ0) is 8.43. The molecule has 1 aliphatic rings. The lowest BCUT2D eigenvalue weighted by molar-refractivity contribution is -0.116. The van der Waals surface area contributed by atoms with Crippen molar-refractivity contribution >= 4 is 5.91 Å². The maximum absolute atomic E-state index is 11.1. The predicted octanol–water partition coefficient (Wildman–Crippen LogP) is 1.60. The molecular formula is C9H13NO. The Balaban J connectivity index is 2.74. The van der Waals surface area contributed by atoms with E-state index in [1.54, 1.807) is 0 Å². The highest BCUT2D eigenvalue weighted by atomic mass is 16.1. The molecule has 1 saturated heterocycles. The van der Waals surface area contributed by atoms with E-state index in [9.17, 15) is 4.79 Å². The van der Waals surface area contributed by atoms with Crippen molar-refractivity contribution in [2.75, 3.05) is 0 Å². The molecule has 60 valence electrons. The minimum Gasteiger partial charge on any atom is -0.327 e. The van der Waals surface area contributed by atoms with E-state index in [1.165, 1.54) is 0 Å². The zero-order valence-corrected chi connectivity index (χ0v) is 6.81. The molecule has 1 N–H and O–H groups in total. The van der Waals surface area contributed by atoms with Crippen LogP contribution in [0.25, 0.3) is 0 Å². The summed E-state index contributed by atoms with van der Waals surface area (Å²) >= 11 is 0. The lowest BCUT2D eigenvalue weighted by Crippen LogP contribution is -2.20. The van der Waals surface area contributed by atoms with Gasteiger partial charge in [0.1, 0.15) is 0 Å². The third-order valence-electron chi connectivity index (χ3n) is 1.80. The van der Waals surface area contributed by atoms with Gasteiger partial charge in [-0.15, -0.1) is 0 Å². The highest BCUT2D eigenvalue weighted by Gasteiger charge is 2.17. The number of nitrogens with one attached hydrogen (secondary N) is 1. The molecule has 2 nitrogen and oxygen atoms in total. The van der Waals surface area contributed by atoms with Gasteiger partial charge in [-0.05, 0) is 18.8 Å². The molecule has 0 saturated carbocycles. The van der Waals surface area contributed by atoms with Crippen LogP contribution in [0.1, 0.15) is 19.8 Å². The minimum absolute atomic E-state index is 0.0700. The number of rotatable bonds is 0. The number of hydrogen-bond acceptors (Lipinski definition) is 1. The number of carbonyl (C=O) groups is 1. The molecule has 1 heterocycles. The fraction of sp³-hybridized carbons (Fsp3) is 0.444. The molecule has 1 atom stereocenters. The molecule has 1 amide bonds. The molecule has 0 bridgehead atoms. The van der Waals surface area contributed by atoms with Crippen LogP contribution >= 0.6 is 0 Å². The van der Waals surface area contributed by atoms with Crippen molar-refractivity contribution in [2.45, 2.75) is 19.8 Å². The Morgan fingerprint density at radius 3 is 2.73 bits per heavy atom. The fourth-order valence-corrected chi connectivity index (χ4v) is 1.31. The summed E-state index contributed by atoms with van der Waals surface area (Å²) in [6.07, 6.45) is 1.65. The van der Waals surface area contributed by atoms with E-state index in [1.807, 2.05) is 0 Å². The maximum Gasteiger partial charge on any atom is 0.250 e. The van der Waals surface area contributed by atoms with Crippen molar-refractivity contribution in [3.63, 3.8) is 0 Å². The Kier molecular flexibility index (Phi) is 2.13. The Morgan fingerprint density at radius 1 is 1.45 bits per heavy atom. The van der Waals surface area contributed by atoms with Crippen LogP contribution in [0.15, 0.2) is 24.4 Å². The van der Waals surface area contributed by atoms with Crippen LogP contribution in [0.5, 0.6) is 0 Å². The van der Waals surface area contributed by atoms with Crippen molar-refractivity contribution in [2.24, 2.45) is 5.92 Å². The lowest BCUT2D eigenvalue weighted by Gasteiger charge is -2.04. The van der Waals surface area contributed by atoms with E-state index in [0.717, 1.165) is 18.5 Å². The summed E-state index contributed by atoms with van der Waals surface area (Å²) in [5.74, 6) is 0.410. The summed E-state index contributed by atoms with van der Waals surface area (Å²) in [5.41, 5.74) is 1.47. The van der Waals surface area contributed by atoms with Crippen molar-refractivity contribution in [3.05, 3.63) is 24.4 Å². The summed E-state index contributed by atoms with van der Waals surface area (Å²) in [6.45, 7) is 9.52. The average molecular weight is 151 g/mol. The first kappa shape index (κ1) is 8.05. The topological polar surface area (TPSA) is 29.1 Å². The smallest absolute Gasteiger partial charge is 0.250 e. The van der Waals surface area contributed by atoms with Crippen LogP contribution in [-0.4, -0.2) is 5.91 Å². The van der Waals surface area contributed by atoms with Crippen molar-refractivity contribution < 1.29 is 4.79 Å². The van der Waals surface area contributed by atoms with Gasteiger partial charge < -0.3 is 5.32 Å². The second kappa shape index (κ2) is 2.91. The predicted molar refractivity (Wildman–Crippen MR) is 44.8 cm³/mol. The molecule has 11 heavy (non-hydrogen) atoms. The van der Waals surface area contributed by atoms with Gasteiger partial charge in [0.2, 0.25) is 0 Å². The van der Waals surface area contributed by atoms with Crippen molar-refractivity contribution in [3.8, 4) is 0 Å². The summed E-state index contributed by atoms with van der Waals surface area (Å²) in [5, 5.41) is 2.69. The molecule has 1 rings (SSSR count). The van der Waals surface area contributed by atoms with Gasteiger partial charge in [-0.25, -0.2) is 0 Å². The van der Waals surface area contributed by atoms with Crippen molar-refractivity contribution in [1.82, 2.24) is 5.32 Å². The van der Waals surface area contributed by atoms with E-state index < -0.39 is 0 Å². The average Bonchev–Trinajstić information content (AvgIpc) is 1.93. The third kappa shape index (κ3) is 1.93. The molecule has 1 unspecified atom stereocenters. The monoisotopic (exact) mass is 151 g/mol. The first-order valence-electron chi connectivity index (χ1n) is 3.76. The van der Waals surface area contributed by atoms with Gasteiger partial charge in [0, 0.05) is 11.3 Å². The van der Waals surface area contributed by atoms with Gasteiger partial charge in [-0.1, -0.05) is 20.1 Å². The molecule has 0 radical (unpaired) electrons. The number of carbonyl (C=O) groups excluding carboxylic acids is 1. The third-order valence-corrected chi connectivity index (χ3v) is 1.80. The molecular weight excluding hydrogens is 138 g/mol. The normalized spacial score (nSPS) is 26.3. The van der Waals surface area contributed by atoms with Gasteiger partial charge in [0.15, 0.2) is 0 Å². The first-order chi connectivity index (χ1) is 5.09. The van der Waals surface area contributed by atoms with Crippen LogP contribution in [0, 0.1) is 5.92 Å². The van der Waals surface area contributed by atoms with Crippen LogP contribution in [0.4, 0.5) is 0 Å². The Bertz CT molecular complexity index is 218. The standard InChI is InChI=1S/C9H13NO/c1-6-4-7(2)9(11)10-8(3)5-6/h6H,2-5H2,1H3,(H,10,11). The van der Waals surface area contributed by atoms with Gasteiger partial charge in [-0.3, -0.25) is 4.79 Å². The van der Waals surface area contributed by atoms with E-state index >= 15 is 0 Å². The molecule has 2 heteroatoms. The largest absolute Gasteiger partial charge is 0.327 e. The maximum atomic E-state index is 11.1. The SMILES string of the molecule is C=C1CC(C)CC(=C)C(=O)N1. The van der Waals surface area contributed by atoms with Gasteiger partial charge >= 0.3 is 0 Å². The summed E-state index contributed by atoms with van der Waals surface area (Å²) in [6, 6.07) is 0. The second-order valence-corrected chi connectivity index (χ2v) is 3.17. The van der Waals surface area contributed by atoms with Crippen LogP contribution in [0.2, 0.25) is 0 Å². The lowest BCUT2D eigenvalue weighted by atomic mass is 10.00. The molecule has 0 aromatic heterocycles. The van der Waals surface area contributed by atoms with Gasteiger partial charge in [0.25, 0.3) is 5.91 Å². The molecule has 0 aromatic carbocycles. The molecule has 0 aromatic rings. The van der Waals surface area contributed by atoms with E-state index in [2.05, 4.69) is 25.4 Å². The first-order valence-corrected chi connectivity index (χ1v) is 3.76. The second-order valence-electron chi connectivity index (χ2n) is 3.17.